The van der Waals surface area contributed by atoms with Crippen LogP contribution in [0.2, 0.25) is 0 Å². The summed E-state index contributed by atoms with van der Waals surface area (Å²) in [6, 6.07) is 13.9. The second-order valence-corrected chi connectivity index (χ2v) is 9.61. The van der Waals surface area contributed by atoms with Crippen LogP contribution in [0.3, 0.4) is 0 Å². The standard InChI is InChI=1S/C25H25FN6O2S/c1-2-16-8-10-20(11-9-16)27-23(33)25-30-29-21(35-25)15-32-12-4-6-18(14-32)24-28-22(31-34-24)17-5-3-7-19(26)13-17/h3,5,7-11,13,18H,2,4,6,12,14-15H2,1H3,(H,27,33). The molecule has 0 saturated carbocycles. The summed E-state index contributed by atoms with van der Waals surface area (Å²) in [6.45, 7) is 4.33. The first kappa shape index (κ1) is 23.3. The van der Waals surface area contributed by atoms with Crippen molar-refractivity contribution in [3.05, 3.63) is 75.8 Å². The highest BCUT2D eigenvalue weighted by Gasteiger charge is 2.27. The third kappa shape index (κ3) is 5.60. The molecule has 2 aromatic carbocycles. The molecule has 4 aromatic rings. The van der Waals surface area contributed by atoms with E-state index in [0.29, 0.717) is 28.8 Å². The number of likely N-dealkylation sites (tertiary alicyclic amines) is 1. The number of piperidine rings is 1. The van der Waals surface area contributed by atoms with Crippen LogP contribution in [0, 0.1) is 5.82 Å². The van der Waals surface area contributed by atoms with E-state index < -0.39 is 0 Å². The Balaban J connectivity index is 1.19. The molecular weight excluding hydrogens is 467 g/mol. The number of nitrogens with zero attached hydrogens (tertiary/aromatic N) is 5. The lowest BCUT2D eigenvalue weighted by molar-refractivity contribution is 0.102. The molecule has 1 saturated heterocycles. The molecule has 0 bridgehead atoms. The van der Waals surface area contributed by atoms with Gasteiger partial charge in [-0.1, -0.05) is 47.7 Å². The summed E-state index contributed by atoms with van der Waals surface area (Å²) in [7, 11) is 0. The summed E-state index contributed by atoms with van der Waals surface area (Å²) in [5, 5.41) is 16.4. The van der Waals surface area contributed by atoms with Crippen molar-refractivity contribution in [3.63, 3.8) is 0 Å². The number of carbonyl (C=O) groups is 1. The summed E-state index contributed by atoms with van der Waals surface area (Å²) in [6.07, 6.45) is 2.86. The van der Waals surface area contributed by atoms with Crippen LogP contribution in [0.5, 0.6) is 0 Å². The van der Waals surface area contributed by atoms with Crippen molar-refractivity contribution in [1.29, 1.82) is 0 Å². The lowest BCUT2D eigenvalue weighted by Crippen LogP contribution is -2.34. The quantitative estimate of drug-likeness (QED) is 0.391. The van der Waals surface area contributed by atoms with Crippen LogP contribution in [0.25, 0.3) is 11.4 Å². The monoisotopic (exact) mass is 492 g/mol. The van der Waals surface area contributed by atoms with Crippen LogP contribution in [0.15, 0.2) is 53.1 Å². The molecule has 5 rings (SSSR count). The predicted molar refractivity (Wildman–Crippen MR) is 131 cm³/mol. The fourth-order valence-electron chi connectivity index (χ4n) is 4.16. The highest BCUT2D eigenvalue weighted by molar-refractivity contribution is 7.13. The van der Waals surface area contributed by atoms with Gasteiger partial charge in [0.1, 0.15) is 10.8 Å². The third-order valence-corrected chi connectivity index (χ3v) is 6.93. The number of hydrogen-bond donors (Lipinski definition) is 1. The lowest BCUT2D eigenvalue weighted by atomic mass is 9.98. The molecule has 1 atom stereocenters. The van der Waals surface area contributed by atoms with Crippen molar-refractivity contribution in [2.45, 2.75) is 38.6 Å². The fraction of sp³-hybridized carbons (Fsp3) is 0.320. The van der Waals surface area contributed by atoms with Crippen LogP contribution in [0.4, 0.5) is 10.1 Å². The average molecular weight is 493 g/mol. The second-order valence-electron chi connectivity index (χ2n) is 8.55. The summed E-state index contributed by atoms with van der Waals surface area (Å²) >= 11 is 1.30. The second kappa shape index (κ2) is 10.4. The van der Waals surface area contributed by atoms with E-state index in [2.05, 4.69) is 37.5 Å². The van der Waals surface area contributed by atoms with Gasteiger partial charge in [-0.2, -0.15) is 4.98 Å². The minimum atomic E-state index is -0.336. The van der Waals surface area contributed by atoms with Gasteiger partial charge < -0.3 is 9.84 Å². The number of hydrogen-bond acceptors (Lipinski definition) is 8. The maximum atomic E-state index is 13.5. The van der Waals surface area contributed by atoms with Gasteiger partial charge in [-0.3, -0.25) is 9.69 Å². The molecule has 1 unspecified atom stereocenters. The number of nitrogens with one attached hydrogen (secondary N) is 1. The Bertz CT molecular complexity index is 1310. The molecule has 1 fully saturated rings. The van der Waals surface area contributed by atoms with E-state index in [0.717, 1.165) is 43.0 Å². The number of aryl methyl sites for hydroxylation is 1. The zero-order chi connectivity index (χ0) is 24.2. The Morgan fingerprint density at radius 3 is 2.89 bits per heavy atom. The van der Waals surface area contributed by atoms with Crippen molar-refractivity contribution in [2.75, 3.05) is 18.4 Å². The molecular formula is C25H25FN6O2S. The minimum absolute atomic E-state index is 0.0837. The van der Waals surface area contributed by atoms with Crippen LogP contribution < -0.4 is 5.32 Å². The molecule has 2 aromatic heterocycles. The fourth-order valence-corrected chi connectivity index (χ4v) is 4.93. The van der Waals surface area contributed by atoms with Gasteiger partial charge in [0, 0.05) is 17.8 Å². The van der Waals surface area contributed by atoms with Crippen molar-refractivity contribution in [2.24, 2.45) is 0 Å². The molecule has 0 aliphatic carbocycles. The molecule has 10 heteroatoms. The van der Waals surface area contributed by atoms with Gasteiger partial charge in [0.2, 0.25) is 16.7 Å². The van der Waals surface area contributed by atoms with Gasteiger partial charge in [0.15, 0.2) is 0 Å². The van der Waals surface area contributed by atoms with Crippen molar-refractivity contribution in [3.8, 4) is 11.4 Å². The number of benzene rings is 2. The van der Waals surface area contributed by atoms with Gasteiger partial charge in [-0.25, -0.2) is 4.39 Å². The highest BCUT2D eigenvalue weighted by Crippen LogP contribution is 2.29. The molecule has 1 aliphatic rings. The van der Waals surface area contributed by atoms with Gasteiger partial charge in [0.05, 0.1) is 12.5 Å². The molecule has 1 N–H and O–H groups in total. The summed E-state index contributed by atoms with van der Waals surface area (Å²) < 4.78 is 19.0. The van der Waals surface area contributed by atoms with E-state index in [1.54, 1.807) is 12.1 Å². The smallest absolute Gasteiger partial charge is 0.286 e. The van der Waals surface area contributed by atoms with E-state index in [4.69, 9.17) is 4.52 Å². The Kier molecular flexibility index (Phi) is 6.91. The lowest BCUT2D eigenvalue weighted by Gasteiger charge is -2.29. The summed E-state index contributed by atoms with van der Waals surface area (Å²) in [4.78, 5) is 19.4. The minimum Gasteiger partial charge on any atom is -0.339 e. The molecule has 1 aliphatic heterocycles. The average Bonchev–Trinajstić information content (AvgIpc) is 3.55. The van der Waals surface area contributed by atoms with Gasteiger partial charge in [0.25, 0.3) is 5.91 Å². The first-order chi connectivity index (χ1) is 17.1. The predicted octanol–water partition coefficient (Wildman–Crippen LogP) is 4.92. The van der Waals surface area contributed by atoms with Crippen molar-refractivity contribution < 1.29 is 13.7 Å². The van der Waals surface area contributed by atoms with E-state index in [1.165, 1.54) is 29.0 Å². The zero-order valence-electron chi connectivity index (χ0n) is 19.3. The number of rotatable bonds is 7. The Morgan fingerprint density at radius 2 is 2.09 bits per heavy atom. The van der Waals surface area contributed by atoms with E-state index >= 15 is 0 Å². The van der Waals surface area contributed by atoms with Crippen molar-refractivity contribution >= 4 is 22.9 Å². The van der Waals surface area contributed by atoms with Crippen LogP contribution in [-0.4, -0.2) is 44.2 Å². The summed E-state index contributed by atoms with van der Waals surface area (Å²) in [5.41, 5.74) is 2.54. The first-order valence-corrected chi connectivity index (χ1v) is 12.4. The molecule has 8 nitrogen and oxygen atoms in total. The number of amides is 1. The SMILES string of the molecule is CCc1ccc(NC(=O)c2nnc(CN3CCCC(c4nc(-c5cccc(F)c5)no4)C3)s2)cc1. The highest BCUT2D eigenvalue weighted by atomic mass is 32.1. The Hall–Kier alpha value is -3.50. The molecule has 1 amide bonds. The maximum absolute atomic E-state index is 13.5. The molecule has 0 radical (unpaired) electrons. The number of carbonyl (C=O) groups excluding carboxylic acids is 1. The number of anilines is 1. The van der Waals surface area contributed by atoms with E-state index in [1.807, 2.05) is 24.3 Å². The maximum Gasteiger partial charge on any atom is 0.286 e. The summed E-state index contributed by atoms with van der Waals surface area (Å²) in [5.74, 6) is 0.434. The molecule has 0 spiro atoms. The largest absolute Gasteiger partial charge is 0.339 e. The van der Waals surface area contributed by atoms with Gasteiger partial charge >= 0.3 is 0 Å². The van der Waals surface area contributed by atoms with Crippen LogP contribution >= 0.6 is 11.3 Å². The number of aromatic nitrogens is 4. The van der Waals surface area contributed by atoms with E-state index in [-0.39, 0.29) is 17.6 Å². The zero-order valence-corrected chi connectivity index (χ0v) is 20.1. The van der Waals surface area contributed by atoms with Crippen LogP contribution in [0.1, 0.15) is 51.9 Å². The van der Waals surface area contributed by atoms with E-state index in [9.17, 15) is 9.18 Å². The Labute approximate surface area is 206 Å². The third-order valence-electron chi connectivity index (χ3n) is 6.02. The molecule has 180 valence electrons. The van der Waals surface area contributed by atoms with Gasteiger partial charge in [-0.15, -0.1) is 10.2 Å². The van der Waals surface area contributed by atoms with Gasteiger partial charge in [-0.05, 0) is 55.6 Å². The van der Waals surface area contributed by atoms with Crippen LogP contribution in [-0.2, 0) is 13.0 Å². The topological polar surface area (TPSA) is 97.0 Å². The number of halogens is 1. The Morgan fingerprint density at radius 1 is 1.23 bits per heavy atom. The normalized spacial score (nSPS) is 16.3. The molecule has 3 heterocycles. The first-order valence-electron chi connectivity index (χ1n) is 11.6. The molecule has 35 heavy (non-hydrogen) atoms. The van der Waals surface area contributed by atoms with Crippen molar-refractivity contribution in [1.82, 2.24) is 25.2 Å².